The van der Waals surface area contributed by atoms with Crippen LogP contribution in [0.25, 0.3) is 11.0 Å². The normalized spacial score (nSPS) is 11.8. The van der Waals surface area contributed by atoms with Gasteiger partial charge in [-0.25, -0.2) is 4.98 Å². The molecule has 0 unspecified atom stereocenters. The second-order valence-electron chi connectivity index (χ2n) is 5.24. The number of aromatic nitrogens is 2. The molecule has 0 aliphatic carbocycles. The van der Waals surface area contributed by atoms with Crippen molar-refractivity contribution in [2.75, 3.05) is 0 Å². The molecule has 2 aromatic carbocycles. The van der Waals surface area contributed by atoms with Crippen molar-refractivity contribution in [1.29, 1.82) is 0 Å². The fraction of sp³-hybridized carbons (Fsp3) is 0.188. The lowest BCUT2D eigenvalue weighted by Gasteiger charge is -2.12. The summed E-state index contributed by atoms with van der Waals surface area (Å²) in [6.45, 7) is 3.40. The molecule has 0 saturated heterocycles. The van der Waals surface area contributed by atoms with Crippen LogP contribution in [0.2, 0.25) is 0 Å². The summed E-state index contributed by atoms with van der Waals surface area (Å²) in [4.78, 5) is 7.51. The number of fused-ring (bicyclic) bond motifs is 1. The zero-order valence-corrected chi connectivity index (χ0v) is 11.4. The van der Waals surface area contributed by atoms with Gasteiger partial charge in [0.2, 0.25) is 0 Å². The summed E-state index contributed by atoms with van der Waals surface area (Å²) in [7, 11) is 0. The van der Waals surface area contributed by atoms with Gasteiger partial charge in [-0.15, -0.1) is 0 Å². The lowest BCUT2D eigenvalue weighted by atomic mass is 10.1. The number of aliphatic hydroxyl groups is 1. The summed E-state index contributed by atoms with van der Waals surface area (Å²) in [5.74, 6) is 2.05. The quantitative estimate of drug-likeness (QED) is 0.763. The van der Waals surface area contributed by atoms with Crippen LogP contribution in [0.5, 0.6) is 11.5 Å². The molecule has 1 heterocycles. The summed E-state index contributed by atoms with van der Waals surface area (Å²) in [6, 6.07) is 15.2. The third kappa shape index (κ3) is 2.51. The van der Waals surface area contributed by atoms with Gasteiger partial charge in [-0.2, -0.15) is 0 Å². The lowest BCUT2D eigenvalue weighted by molar-refractivity contribution is 0.0700. The first-order chi connectivity index (χ1) is 9.52. The number of nitrogens with zero attached hydrogens (tertiary/aromatic N) is 1. The number of rotatable bonds is 3. The maximum atomic E-state index is 9.97. The van der Waals surface area contributed by atoms with Gasteiger partial charge < -0.3 is 14.8 Å². The molecular formula is C16H16N2O2. The van der Waals surface area contributed by atoms with E-state index < -0.39 is 5.60 Å². The van der Waals surface area contributed by atoms with E-state index in [0.717, 1.165) is 22.5 Å². The Morgan fingerprint density at radius 1 is 1.05 bits per heavy atom. The molecule has 0 amide bonds. The molecule has 0 aliphatic heterocycles. The molecule has 20 heavy (non-hydrogen) atoms. The number of para-hydroxylation sites is 1. The molecule has 1 aromatic heterocycles. The van der Waals surface area contributed by atoms with Crippen molar-refractivity contribution in [3.05, 3.63) is 54.4 Å². The average Bonchev–Trinajstić information content (AvgIpc) is 2.83. The Kier molecular flexibility index (Phi) is 2.95. The summed E-state index contributed by atoms with van der Waals surface area (Å²) in [5, 5.41) is 9.97. The predicted molar refractivity (Wildman–Crippen MR) is 77.9 cm³/mol. The van der Waals surface area contributed by atoms with Crippen LogP contribution in [0.15, 0.2) is 48.5 Å². The van der Waals surface area contributed by atoms with Crippen LogP contribution < -0.4 is 4.74 Å². The number of benzene rings is 2. The van der Waals surface area contributed by atoms with Gasteiger partial charge in [0.15, 0.2) is 0 Å². The number of aromatic amines is 1. The molecule has 0 aliphatic rings. The smallest absolute Gasteiger partial charge is 0.138 e. The molecule has 0 fully saturated rings. The number of ether oxygens (including phenoxy) is 1. The second kappa shape index (κ2) is 4.65. The largest absolute Gasteiger partial charge is 0.457 e. The Morgan fingerprint density at radius 2 is 1.80 bits per heavy atom. The van der Waals surface area contributed by atoms with E-state index in [0.29, 0.717) is 5.82 Å². The number of imidazole rings is 1. The van der Waals surface area contributed by atoms with E-state index in [4.69, 9.17) is 4.74 Å². The monoisotopic (exact) mass is 268 g/mol. The van der Waals surface area contributed by atoms with Crippen LogP contribution in [0.3, 0.4) is 0 Å². The number of nitrogens with one attached hydrogen (secondary N) is 1. The Labute approximate surface area is 117 Å². The van der Waals surface area contributed by atoms with Crippen LogP contribution in [0.4, 0.5) is 0 Å². The molecule has 0 radical (unpaired) electrons. The van der Waals surface area contributed by atoms with Crippen molar-refractivity contribution in [1.82, 2.24) is 9.97 Å². The van der Waals surface area contributed by atoms with Crippen LogP contribution in [0.1, 0.15) is 19.7 Å². The summed E-state index contributed by atoms with van der Waals surface area (Å²) in [5.41, 5.74) is 0.664. The Bertz CT molecular complexity index is 727. The van der Waals surface area contributed by atoms with E-state index in [1.807, 2.05) is 48.5 Å². The van der Waals surface area contributed by atoms with Gasteiger partial charge in [0.25, 0.3) is 0 Å². The summed E-state index contributed by atoms with van der Waals surface area (Å²) >= 11 is 0. The van der Waals surface area contributed by atoms with Gasteiger partial charge in [0.05, 0.1) is 11.0 Å². The topological polar surface area (TPSA) is 58.1 Å². The van der Waals surface area contributed by atoms with Crippen molar-refractivity contribution in [2.45, 2.75) is 19.4 Å². The van der Waals surface area contributed by atoms with Crippen LogP contribution in [-0.4, -0.2) is 15.1 Å². The fourth-order valence-electron chi connectivity index (χ4n) is 1.96. The third-order valence-electron chi connectivity index (χ3n) is 3.01. The lowest BCUT2D eigenvalue weighted by Crippen LogP contribution is -2.17. The summed E-state index contributed by atoms with van der Waals surface area (Å²) < 4.78 is 5.76. The van der Waals surface area contributed by atoms with Crippen LogP contribution >= 0.6 is 0 Å². The molecule has 0 spiro atoms. The first-order valence-electron chi connectivity index (χ1n) is 6.48. The van der Waals surface area contributed by atoms with Crippen LogP contribution in [-0.2, 0) is 5.60 Å². The van der Waals surface area contributed by atoms with Gasteiger partial charge >= 0.3 is 0 Å². The van der Waals surface area contributed by atoms with Crippen LogP contribution in [0, 0.1) is 0 Å². The van der Waals surface area contributed by atoms with Crippen molar-refractivity contribution in [3.63, 3.8) is 0 Å². The first kappa shape index (κ1) is 12.7. The SMILES string of the molecule is CC(C)(O)c1nc2cc(Oc3ccccc3)ccc2[nH]1. The van der Waals surface area contributed by atoms with Gasteiger partial charge in [0.1, 0.15) is 22.9 Å². The molecule has 2 N–H and O–H groups in total. The van der Waals surface area contributed by atoms with Gasteiger partial charge in [0, 0.05) is 6.07 Å². The van der Waals surface area contributed by atoms with Gasteiger partial charge in [-0.1, -0.05) is 18.2 Å². The highest BCUT2D eigenvalue weighted by Gasteiger charge is 2.20. The maximum Gasteiger partial charge on any atom is 0.138 e. The zero-order chi connectivity index (χ0) is 14.2. The highest BCUT2D eigenvalue weighted by atomic mass is 16.5. The molecule has 0 saturated carbocycles. The van der Waals surface area contributed by atoms with Crippen molar-refractivity contribution < 1.29 is 9.84 Å². The van der Waals surface area contributed by atoms with E-state index in [1.165, 1.54) is 0 Å². The third-order valence-corrected chi connectivity index (χ3v) is 3.01. The highest BCUT2D eigenvalue weighted by molar-refractivity contribution is 5.77. The molecule has 0 atom stereocenters. The summed E-state index contributed by atoms with van der Waals surface area (Å²) in [6.07, 6.45) is 0. The second-order valence-corrected chi connectivity index (χ2v) is 5.24. The maximum absolute atomic E-state index is 9.97. The minimum atomic E-state index is -0.987. The molecule has 0 bridgehead atoms. The van der Waals surface area contributed by atoms with Gasteiger partial charge in [-0.05, 0) is 38.1 Å². The van der Waals surface area contributed by atoms with E-state index in [1.54, 1.807) is 13.8 Å². The number of hydrogen-bond acceptors (Lipinski definition) is 3. The standard InChI is InChI=1S/C16H16N2O2/c1-16(2,19)15-17-13-9-8-12(10-14(13)18-15)20-11-6-4-3-5-7-11/h3-10,19H,1-2H3,(H,17,18). The Balaban J connectivity index is 1.95. The van der Waals surface area contributed by atoms with Crippen molar-refractivity contribution in [3.8, 4) is 11.5 Å². The number of hydrogen-bond donors (Lipinski definition) is 2. The molecule has 102 valence electrons. The Morgan fingerprint density at radius 3 is 2.50 bits per heavy atom. The first-order valence-corrected chi connectivity index (χ1v) is 6.48. The average molecular weight is 268 g/mol. The fourth-order valence-corrected chi connectivity index (χ4v) is 1.96. The van der Waals surface area contributed by atoms with Crippen molar-refractivity contribution >= 4 is 11.0 Å². The predicted octanol–water partition coefficient (Wildman–Crippen LogP) is 3.58. The van der Waals surface area contributed by atoms with Crippen molar-refractivity contribution in [2.24, 2.45) is 0 Å². The van der Waals surface area contributed by atoms with E-state index in [9.17, 15) is 5.11 Å². The van der Waals surface area contributed by atoms with E-state index >= 15 is 0 Å². The van der Waals surface area contributed by atoms with E-state index in [2.05, 4.69) is 9.97 Å². The number of H-pyrrole nitrogens is 1. The molecule has 3 aromatic rings. The van der Waals surface area contributed by atoms with Gasteiger partial charge in [-0.3, -0.25) is 0 Å². The van der Waals surface area contributed by atoms with E-state index in [-0.39, 0.29) is 0 Å². The molecule has 4 heteroatoms. The molecular weight excluding hydrogens is 252 g/mol. The minimum absolute atomic E-state index is 0.546. The minimum Gasteiger partial charge on any atom is -0.457 e. The molecule has 3 rings (SSSR count). The zero-order valence-electron chi connectivity index (χ0n) is 11.4. The molecule has 4 nitrogen and oxygen atoms in total. The Hall–Kier alpha value is -2.33. The highest BCUT2D eigenvalue weighted by Crippen LogP contribution is 2.26.